The monoisotopic (exact) mass is 412 g/mol. The molecule has 8 nitrogen and oxygen atoms in total. The Morgan fingerprint density at radius 2 is 1.61 bits per heavy atom. The molecule has 3 amide bonds. The number of amides is 3. The number of urea groups is 1. The number of carbonyl (C=O) groups is 2. The van der Waals surface area contributed by atoms with Crippen molar-refractivity contribution in [2.24, 2.45) is 0 Å². The van der Waals surface area contributed by atoms with Crippen molar-refractivity contribution in [2.75, 3.05) is 45.8 Å². The number of likely N-dealkylation sites (tertiary alicyclic amines) is 1. The average molecular weight is 412 g/mol. The first kappa shape index (κ1) is 20.5. The van der Waals surface area contributed by atoms with E-state index in [9.17, 15) is 22.4 Å². The van der Waals surface area contributed by atoms with Gasteiger partial charge in [0.1, 0.15) is 10.7 Å². The van der Waals surface area contributed by atoms with Gasteiger partial charge in [-0.05, 0) is 25.0 Å². The molecule has 0 aromatic heterocycles. The number of carbonyl (C=O) groups excluding carboxylic acids is 2. The van der Waals surface area contributed by atoms with Crippen LogP contribution in [0.2, 0.25) is 0 Å². The molecule has 1 aromatic carbocycles. The van der Waals surface area contributed by atoms with Crippen LogP contribution >= 0.6 is 0 Å². The molecule has 0 radical (unpaired) electrons. The summed E-state index contributed by atoms with van der Waals surface area (Å²) in [5, 5.41) is 2.71. The van der Waals surface area contributed by atoms with Gasteiger partial charge < -0.3 is 15.1 Å². The number of halogens is 1. The van der Waals surface area contributed by atoms with E-state index in [-0.39, 0.29) is 56.0 Å². The first-order valence-corrected chi connectivity index (χ1v) is 10.9. The molecule has 1 N–H and O–H groups in total. The summed E-state index contributed by atoms with van der Waals surface area (Å²) in [5.41, 5.74) is 0. The second-order valence-electron chi connectivity index (χ2n) is 6.89. The van der Waals surface area contributed by atoms with Gasteiger partial charge in [0.15, 0.2) is 0 Å². The van der Waals surface area contributed by atoms with Gasteiger partial charge in [0.2, 0.25) is 15.9 Å². The molecule has 0 bridgehead atoms. The summed E-state index contributed by atoms with van der Waals surface area (Å²) in [6, 6.07) is 4.94. The van der Waals surface area contributed by atoms with Crippen molar-refractivity contribution >= 4 is 22.0 Å². The van der Waals surface area contributed by atoms with Crippen molar-refractivity contribution in [3.8, 4) is 0 Å². The minimum absolute atomic E-state index is 0.0404. The third-order valence-corrected chi connectivity index (χ3v) is 6.99. The van der Waals surface area contributed by atoms with E-state index < -0.39 is 15.8 Å². The first-order valence-electron chi connectivity index (χ1n) is 9.45. The van der Waals surface area contributed by atoms with Gasteiger partial charge in [-0.1, -0.05) is 12.1 Å². The van der Waals surface area contributed by atoms with Crippen LogP contribution in [-0.2, 0) is 14.8 Å². The van der Waals surface area contributed by atoms with Gasteiger partial charge in [0.05, 0.1) is 0 Å². The first-order chi connectivity index (χ1) is 13.4. The van der Waals surface area contributed by atoms with Crippen molar-refractivity contribution in [1.82, 2.24) is 19.4 Å². The Bertz CT molecular complexity index is 819. The van der Waals surface area contributed by atoms with E-state index in [2.05, 4.69) is 5.32 Å². The molecular formula is C18H25FN4O4S. The van der Waals surface area contributed by atoms with E-state index in [1.807, 2.05) is 0 Å². The third-order valence-electron chi connectivity index (χ3n) is 5.05. The molecule has 2 heterocycles. The van der Waals surface area contributed by atoms with Crippen LogP contribution in [-0.4, -0.2) is 80.3 Å². The van der Waals surface area contributed by atoms with E-state index in [1.165, 1.54) is 27.4 Å². The minimum Gasteiger partial charge on any atom is -0.343 e. The molecule has 2 saturated heterocycles. The average Bonchev–Trinajstić information content (AvgIpc) is 3.23. The summed E-state index contributed by atoms with van der Waals surface area (Å²) in [4.78, 5) is 27.2. The molecule has 2 fully saturated rings. The van der Waals surface area contributed by atoms with Crippen LogP contribution in [0.1, 0.15) is 19.3 Å². The molecule has 0 aliphatic carbocycles. The van der Waals surface area contributed by atoms with Crippen molar-refractivity contribution in [2.45, 2.75) is 24.2 Å². The maximum Gasteiger partial charge on any atom is 0.317 e. The van der Waals surface area contributed by atoms with Gasteiger partial charge in [-0.15, -0.1) is 0 Å². The van der Waals surface area contributed by atoms with Crippen LogP contribution < -0.4 is 5.32 Å². The zero-order valence-corrected chi connectivity index (χ0v) is 16.5. The summed E-state index contributed by atoms with van der Waals surface area (Å²) in [6.45, 7) is 2.42. The molecule has 0 unspecified atom stereocenters. The number of nitrogens with zero attached hydrogens (tertiary/aromatic N) is 3. The Hall–Kier alpha value is -2.20. The smallest absolute Gasteiger partial charge is 0.317 e. The number of hydrogen-bond acceptors (Lipinski definition) is 4. The number of rotatable bonds is 5. The Labute approximate surface area is 164 Å². The highest BCUT2D eigenvalue weighted by Gasteiger charge is 2.31. The lowest BCUT2D eigenvalue weighted by molar-refractivity contribution is -0.129. The fourth-order valence-electron chi connectivity index (χ4n) is 3.44. The molecule has 154 valence electrons. The molecule has 10 heteroatoms. The summed E-state index contributed by atoms with van der Waals surface area (Å²) in [7, 11) is -3.93. The Balaban J connectivity index is 1.46. The highest BCUT2D eigenvalue weighted by Crippen LogP contribution is 2.20. The quantitative estimate of drug-likeness (QED) is 0.777. The predicted molar refractivity (Wildman–Crippen MR) is 101 cm³/mol. The molecule has 0 spiro atoms. The molecule has 28 heavy (non-hydrogen) atoms. The lowest BCUT2D eigenvalue weighted by atomic mass is 10.3. The molecule has 0 saturated carbocycles. The summed E-state index contributed by atoms with van der Waals surface area (Å²) < 4.78 is 40.2. The summed E-state index contributed by atoms with van der Waals surface area (Å²) in [5.74, 6) is -0.746. The van der Waals surface area contributed by atoms with Gasteiger partial charge in [0.25, 0.3) is 0 Å². The molecule has 1 aromatic rings. The minimum atomic E-state index is -3.93. The highest BCUT2D eigenvalue weighted by atomic mass is 32.2. The third kappa shape index (κ3) is 4.61. The van der Waals surface area contributed by atoms with Gasteiger partial charge in [-0.2, -0.15) is 4.31 Å². The van der Waals surface area contributed by atoms with Gasteiger partial charge >= 0.3 is 6.03 Å². The largest absolute Gasteiger partial charge is 0.343 e. The zero-order chi connectivity index (χ0) is 20.1. The van der Waals surface area contributed by atoms with E-state index in [4.69, 9.17) is 0 Å². The Morgan fingerprint density at radius 3 is 2.25 bits per heavy atom. The summed E-state index contributed by atoms with van der Waals surface area (Å²) >= 11 is 0. The number of nitrogens with one attached hydrogen (secondary N) is 1. The number of hydrogen-bond donors (Lipinski definition) is 1. The maximum atomic E-state index is 13.9. The topological polar surface area (TPSA) is 90.0 Å². The SMILES string of the molecule is O=C(CCNC(=O)N1CCN(S(=O)(=O)c2ccccc2F)CC1)N1CCCC1. The second-order valence-corrected chi connectivity index (χ2v) is 8.80. The molecule has 2 aliphatic heterocycles. The lowest BCUT2D eigenvalue weighted by Gasteiger charge is -2.34. The molecule has 2 aliphatic rings. The van der Waals surface area contributed by atoms with Crippen LogP contribution in [0.15, 0.2) is 29.2 Å². The summed E-state index contributed by atoms with van der Waals surface area (Å²) in [6.07, 6.45) is 2.31. The van der Waals surface area contributed by atoms with E-state index >= 15 is 0 Å². The molecular weight excluding hydrogens is 387 g/mol. The van der Waals surface area contributed by atoms with Crippen LogP contribution in [0.3, 0.4) is 0 Å². The van der Waals surface area contributed by atoms with Crippen LogP contribution in [0.5, 0.6) is 0 Å². The van der Waals surface area contributed by atoms with Gasteiger partial charge in [0, 0.05) is 52.2 Å². The fraction of sp³-hybridized carbons (Fsp3) is 0.556. The standard InChI is InChI=1S/C18H25FN4O4S/c19-15-5-1-2-6-16(15)28(26,27)23-13-11-22(12-14-23)18(25)20-8-7-17(24)21-9-3-4-10-21/h1-2,5-6H,3-4,7-14H2,(H,20,25). The second kappa shape index (κ2) is 8.87. The van der Waals surface area contributed by atoms with Crippen LogP contribution in [0, 0.1) is 5.82 Å². The zero-order valence-electron chi connectivity index (χ0n) is 15.6. The highest BCUT2D eigenvalue weighted by molar-refractivity contribution is 7.89. The maximum absolute atomic E-state index is 13.9. The number of sulfonamides is 1. The van der Waals surface area contributed by atoms with Crippen molar-refractivity contribution in [1.29, 1.82) is 0 Å². The van der Waals surface area contributed by atoms with E-state index in [0.717, 1.165) is 32.0 Å². The van der Waals surface area contributed by atoms with Crippen molar-refractivity contribution in [3.05, 3.63) is 30.1 Å². The van der Waals surface area contributed by atoms with Crippen molar-refractivity contribution in [3.63, 3.8) is 0 Å². The van der Waals surface area contributed by atoms with E-state index in [1.54, 1.807) is 4.90 Å². The van der Waals surface area contributed by atoms with Gasteiger partial charge in [-0.3, -0.25) is 4.79 Å². The van der Waals surface area contributed by atoms with E-state index in [0.29, 0.717) is 0 Å². The normalized spacial score (nSPS) is 18.3. The van der Waals surface area contributed by atoms with Crippen molar-refractivity contribution < 1.29 is 22.4 Å². The Kier molecular flexibility index (Phi) is 6.50. The number of benzene rings is 1. The van der Waals surface area contributed by atoms with Gasteiger partial charge in [-0.25, -0.2) is 17.6 Å². The fourth-order valence-corrected chi connectivity index (χ4v) is 4.92. The number of piperazine rings is 1. The molecule has 0 atom stereocenters. The van der Waals surface area contributed by atoms with Crippen LogP contribution in [0.25, 0.3) is 0 Å². The molecule has 3 rings (SSSR count). The predicted octanol–water partition coefficient (Wildman–Crippen LogP) is 0.854. The Morgan fingerprint density at radius 1 is 0.964 bits per heavy atom. The lowest BCUT2D eigenvalue weighted by Crippen LogP contribution is -2.53. The van der Waals surface area contributed by atoms with Crippen LogP contribution in [0.4, 0.5) is 9.18 Å².